The summed E-state index contributed by atoms with van der Waals surface area (Å²) in [5, 5.41) is 15.9. The highest BCUT2D eigenvalue weighted by molar-refractivity contribution is 5.90. The fourth-order valence-electron chi connectivity index (χ4n) is 1.79. The van der Waals surface area contributed by atoms with Gasteiger partial charge in [0.15, 0.2) is 0 Å². The Bertz CT molecular complexity index is 521. The summed E-state index contributed by atoms with van der Waals surface area (Å²) in [5.41, 5.74) is 0.928. The number of rotatable bonds is 5. The van der Waals surface area contributed by atoms with Crippen LogP contribution in [0.1, 0.15) is 36.5 Å². The van der Waals surface area contributed by atoms with Gasteiger partial charge in [-0.05, 0) is 37.5 Å². The number of tetrazole rings is 1. The number of hydrogen-bond donors (Lipinski definition) is 2. The van der Waals surface area contributed by atoms with Gasteiger partial charge in [0.1, 0.15) is 0 Å². The van der Waals surface area contributed by atoms with Crippen molar-refractivity contribution in [2.75, 3.05) is 0 Å². The summed E-state index contributed by atoms with van der Waals surface area (Å²) in [6.07, 6.45) is 1.74. The molecule has 1 aromatic heterocycles. The minimum Gasteiger partial charge on any atom is -0.344 e. The van der Waals surface area contributed by atoms with Gasteiger partial charge in [-0.2, -0.15) is 5.21 Å². The van der Waals surface area contributed by atoms with E-state index >= 15 is 0 Å². The Hall–Kier alpha value is -2.24. The predicted molar refractivity (Wildman–Crippen MR) is 70.5 cm³/mol. The Morgan fingerprint density at radius 2 is 2.05 bits per heavy atom. The van der Waals surface area contributed by atoms with Crippen molar-refractivity contribution in [1.82, 2.24) is 25.9 Å². The second-order valence-corrected chi connectivity index (χ2v) is 5.06. The molecule has 0 saturated carbocycles. The van der Waals surface area contributed by atoms with Crippen LogP contribution in [0, 0.1) is 0 Å². The second kappa shape index (κ2) is 5.60. The molecule has 0 fully saturated rings. The van der Waals surface area contributed by atoms with Gasteiger partial charge in [0, 0.05) is 5.54 Å². The van der Waals surface area contributed by atoms with Crippen molar-refractivity contribution in [2.45, 2.75) is 32.2 Å². The number of carbonyl (C=O) groups is 1. The quantitative estimate of drug-likeness (QED) is 0.848. The lowest BCUT2D eigenvalue weighted by Gasteiger charge is -2.25. The van der Waals surface area contributed by atoms with Gasteiger partial charge in [-0.25, -0.2) is 0 Å². The van der Waals surface area contributed by atoms with Crippen LogP contribution in [0.25, 0.3) is 0 Å². The van der Waals surface area contributed by atoms with Gasteiger partial charge in [0.25, 0.3) is 11.7 Å². The largest absolute Gasteiger partial charge is 0.344 e. The first-order chi connectivity index (χ1) is 9.07. The van der Waals surface area contributed by atoms with Crippen LogP contribution in [0.4, 0.5) is 0 Å². The van der Waals surface area contributed by atoms with E-state index in [9.17, 15) is 4.79 Å². The van der Waals surface area contributed by atoms with E-state index in [2.05, 4.69) is 38.1 Å². The Labute approximate surface area is 111 Å². The average Bonchev–Trinajstić information content (AvgIpc) is 2.91. The highest BCUT2D eigenvalue weighted by atomic mass is 16.2. The molecule has 0 atom stereocenters. The van der Waals surface area contributed by atoms with Gasteiger partial charge in [-0.1, -0.05) is 30.3 Å². The van der Waals surface area contributed by atoms with E-state index < -0.39 is 0 Å². The molecule has 1 heterocycles. The number of nitrogens with zero attached hydrogens (tertiary/aromatic N) is 3. The number of nitrogens with one attached hydrogen (secondary N) is 2. The monoisotopic (exact) mass is 259 g/mol. The van der Waals surface area contributed by atoms with Crippen LogP contribution < -0.4 is 5.32 Å². The van der Waals surface area contributed by atoms with Crippen LogP contribution in [-0.2, 0) is 6.42 Å². The minimum absolute atomic E-state index is 0.0628. The first-order valence-electron chi connectivity index (χ1n) is 6.17. The van der Waals surface area contributed by atoms with Crippen LogP contribution in [0.5, 0.6) is 0 Å². The van der Waals surface area contributed by atoms with E-state index in [4.69, 9.17) is 0 Å². The molecule has 6 heteroatoms. The lowest BCUT2D eigenvalue weighted by molar-refractivity contribution is 0.0898. The maximum Gasteiger partial charge on any atom is 0.293 e. The predicted octanol–water partition coefficient (Wildman–Crippen LogP) is 1.34. The highest BCUT2D eigenvalue weighted by Gasteiger charge is 2.23. The number of aryl methyl sites for hydroxylation is 1. The first-order valence-corrected chi connectivity index (χ1v) is 6.17. The molecule has 0 aliphatic heterocycles. The molecule has 2 aromatic rings. The van der Waals surface area contributed by atoms with Crippen LogP contribution in [0.2, 0.25) is 0 Å². The van der Waals surface area contributed by atoms with Gasteiger partial charge in [-0.3, -0.25) is 4.79 Å². The molecule has 2 rings (SSSR count). The summed E-state index contributed by atoms with van der Waals surface area (Å²) in [4.78, 5) is 11.8. The Morgan fingerprint density at radius 1 is 1.32 bits per heavy atom. The van der Waals surface area contributed by atoms with Crippen molar-refractivity contribution in [3.8, 4) is 0 Å². The van der Waals surface area contributed by atoms with Crippen molar-refractivity contribution in [3.63, 3.8) is 0 Å². The standard InChI is InChI=1S/C13H17N5O/c1-13(2,9-8-10-6-4-3-5-7-10)14-12(19)11-15-17-18-16-11/h3-7H,8-9H2,1-2H3,(H,14,19)(H,15,16,17,18). The zero-order chi connectivity index (χ0) is 13.7. The lowest BCUT2D eigenvalue weighted by Crippen LogP contribution is -2.44. The van der Waals surface area contributed by atoms with Crippen LogP contribution in [0.3, 0.4) is 0 Å². The van der Waals surface area contributed by atoms with E-state index in [1.807, 2.05) is 32.0 Å². The normalized spacial score (nSPS) is 11.3. The number of benzene rings is 1. The molecule has 0 aliphatic carbocycles. The molecule has 1 amide bonds. The highest BCUT2D eigenvalue weighted by Crippen LogP contribution is 2.13. The molecular formula is C13H17N5O. The number of hydrogen-bond acceptors (Lipinski definition) is 4. The van der Waals surface area contributed by atoms with Crippen molar-refractivity contribution in [3.05, 3.63) is 41.7 Å². The molecule has 0 unspecified atom stereocenters. The van der Waals surface area contributed by atoms with Crippen molar-refractivity contribution < 1.29 is 4.79 Å². The fourth-order valence-corrected chi connectivity index (χ4v) is 1.79. The smallest absolute Gasteiger partial charge is 0.293 e. The first kappa shape index (κ1) is 13.2. The molecule has 19 heavy (non-hydrogen) atoms. The minimum atomic E-state index is -0.326. The Morgan fingerprint density at radius 3 is 2.68 bits per heavy atom. The summed E-state index contributed by atoms with van der Waals surface area (Å²) in [6, 6.07) is 10.2. The van der Waals surface area contributed by atoms with E-state index in [1.54, 1.807) is 0 Å². The average molecular weight is 259 g/mol. The molecule has 0 saturated heterocycles. The molecule has 2 N–H and O–H groups in total. The summed E-state index contributed by atoms with van der Waals surface area (Å²) in [5.74, 6) is -0.250. The molecular weight excluding hydrogens is 242 g/mol. The molecule has 100 valence electrons. The number of amides is 1. The number of H-pyrrole nitrogens is 1. The van der Waals surface area contributed by atoms with Crippen molar-refractivity contribution >= 4 is 5.91 Å². The third kappa shape index (κ3) is 3.87. The van der Waals surface area contributed by atoms with Gasteiger partial charge < -0.3 is 5.32 Å². The zero-order valence-corrected chi connectivity index (χ0v) is 11.1. The summed E-state index contributed by atoms with van der Waals surface area (Å²) >= 11 is 0. The van der Waals surface area contributed by atoms with E-state index in [1.165, 1.54) is 5.56 Å². The van der Waals surface area contributed by atoms with Gasteiger partial charge >= 0.3 is 0 Å². The van der Waals surface area contributed by atoms with Gasteiger partial charge in [0.2, 0.25) is 0 Å². The molecule has 0 radical (unpaired) electrons. The van der Waals surface area contributed by atoms with Crippen molar-refractivity contribution in [1.29, 1.82) is 0 Å². The van der Waals surface area contributed by atoms with Crippen molar-refractivity contribution in [2.24, 2.45) is 0 Å². The van der Waals surface area contributed by atoms with Crippen LogP contribution in [-0.4, -0.2) is 32.1 Å². The topological polar surface area (TPSA) is 83.6 Å². The maximum atomic E-state index is 11.8. The molecule has 1 aromatic carbocycles. The molecule has 0 bridgehead atoms. The fraction of sp³-hybridized carbons (Fsp3) is 0.385. The van der Waals surface area contributed by atoms with Crippen LogP contribution in [0.15, 0.2) is 30.3 Å². The maximum absolute atomic E-state index is 11.8. The number of aromatic amines is 1. The molecule has 6 nitrogen and oxygen atoms in total. The third-order valence-corrected chi connectivity index (χ3v) is 2.88. The number of aromatic nitrogens is 4. The zero-order valence-electron chi connectivity index (χ0n) is 11.1. The number of carbonyl (C=O) groups excluding carboxylic acids is 1. The van der Waals surface area contributed by atoms with Gasteiger partial charge in [-0.15, -0.1) is 10.2 Å². The van der Waals surface area contributed by atoms with Crippen LogP contribution >= 0.6 is 0 Å². The van der Waals surface area contributed by atoms with E-state index in [-0.39, 0.29) is 17.3 Å². The van der Waals surface area contributed by atoms with E-state index in [0.717, 1.165) is 12.8 Å². The summed E-state index contributed by atoms with van der Waals surface area (Å²) < 4.78 is 0. The Kier molecular flexibility index (Phi) is 3.89. The van der Waals surface area contributed by atoms with Gasteiger partial charge in [0.05, 0.1) is 0 Å². The SMILES string of the molecule is CC(C)(CCc1ccccc1)NC(=O)c1nn[nH]n1. The third-order valence-electron chi connectivity index (χ3n) is 2.88. The van der Waals surface area contributed by atoms with E-state index in [0.29, 0.717) is 0 Å². The second-order valence-electron chi connectivity index (χ2n) is 5.06. The Balaban J connectivity index is 1.90. The lowest BCUT2D eigenvalue weighted by atomic mass is 9.95. The summed E-state index contributed by atoms with van der Waals surface area (Å²) in [6.45, 7) is 3.96. The molecule has 0 spiro atoms. The summed E-state index contributed by atoms with van der Waals surface area (Å²) in [7, 11) is 0. The molecule has 0 aliphatic rings.